The lowest BCUT2D eigenvalue weighted by Crippen LogP contribution is -2.41. The molecule has 25 heavy (non-hydrogen) atoms. The second kappa shape index (κ2) is 9.13. The van der Waals surface area contributed by atoms with E-state index in [-0.39, 0.29) is 18.1 Å². The van der Waals surface area contributed by atoms with Crippen molar-refractivity contribution in [3.05, 3.63) is 58.3 Å². The molecule has 3 rings (SSSR count). The fraction of sp³-hybridized carbons (Fsp3) is 0.450. The highest BCUT2D eigenvalue weighted by Crippen LogP contribution is 2.17. The van der Waals surface area contributed by atoms with E-state index in [0.717, 1.165) is 38.1 Å². The highest BCUT2D eigenvalue weighted by Gasteiger charge is 2.22. The molecule has 5 heteroatoms. The van der Waals surface area contributed by atoms with Crippen molar-refractivity contribution in [2.75, 3.05) is 19.7 Å². The Kier molecular flexibility index (Phi) is 6.62. The number of hydrogen-bond donors (Lipinski definition) is 1. The summed E-state index contributed by atoms with van der Waals surface area (Å²) in [5, 5.41) is 5.19. The number of rotatable bonds is 8. The van der Waals surface area contributed by atoms with Gasteiger partial charge in [-0.05, 0) is 36.8 Å². The molecule has 1 aromatic heterocycles. The Bertz CT molecular complexity index is 639. The van der Waals surface area contributed by atoms with E-state index in [2.05, 4.69) is 27.7 Å². The quantitative estimate of drug-likeness (QED) is 0.784. The van der Waals surface area contributed by atoms with E-state index in [1.165, 1.54) is 4.88 Å². The predicted octanol–water partition coefficient (Wildman–Crippen LogP) is 3.61. The average molecular weight is 359 g/mol. The van der Waals surface area contributed by atoms with Crippen LogP contribution in [-0.4, -0.2) is 36.6 Å². The van der Waals surface area contributed by atoms with Gasteiger partial charge < -0.3 is 10.1 Å². The molecule has 2 heterocycles. The summed E-state index contributed by atoms with van der Waals surface area (Å²) in [5.41, 5.74) is 1.12. The molecule has 0 bridgehead atoms. The van der Waals surface area contributed by atoms with Gasteiger partial charge in [0.25, 0.3) is 0 Å². The van der Waals surface area contributed by atoms with Crippen molar-refractivity contribution < 1.29 is 9.53 Å². The number of hydrogen-bond acceptors (Lipinski definition) is 4. The summed E-state index contributed by atoms with van der Waals surface area (Å²) in [6.45, 7) is 4.87. The van der Waals surface area contributed by atoms with Gasteiger partial charge in [-0.25, -0.2) is 0 Å². The minimum Gasteiger partial charge on any atom is -0.377 e. The van der Waals surface area contributed by atoms with E-state index >= 15 is 0 Å². The maximum atomic E-state index is 12.5. The second-order valence-electron chi connectivity index (χ2n) is 6.58. The smallest absolute Gasteiger partial charge is 0.234 e. The average Bonchev–Trinajstić information content (AvgIpc) is 3.29. The predicted molar refractivity (Wildman–Crippen MR) is 102 cm³/mol. The number of amides is 1. The van der Waals surface area contributed by atoms with Gasteiger partial charge in [-0.3, -0.25) is 9.69 Å². The number of thiophene rings is 1. The first kappa shape index (κ1) is 18.1. The number of carbonyl (C=O) groups excluding carboxylic acids is 1. The van der Waals surface area contributed by atoms with Crippen molar-refractivity contribution in [1.82, 2.24) is 10.2 Å². The topological polar surface area (TPSA) is 41.6 Å². The summed E-state index contributed by atoms with van der Waals surface area (Å²) in [5.74, 6) is 0.0610. The largest absolute Gasteiger partial charge is 0.377 e. The molecule has 0 aliphatic carbocycles. The standard InChI is InChI=1S/C20H26N2O2S/c1-16(17-7-3-2-4-8-17)21-20(23)15-22(13-18-9-5-11-24-18)14-19-10-6-12-25-19/h2-4,6-8,10,12,16,18H,5,9,11,13-15H2,1H3,(H,21,23)/t16-,18+/m1/s1. The summed E-state index contributed by atoms with van der Waals surface area (Å²) < 4.78 is 5.76. The molecular weight excluding hydrogens is 332 g/mol. The van der Waals surface area contributed by atoms with E-state index in [1.807, 2.05) is 37.3 Å². The van der Waals surface area contributed by atoms with Crippen molar-refractivity contribution in [1.29, 1.82) is 0 Å². The Labute approximate surface area is 153 Å². The molecule has 1 fully saturated rings. The second-order valence-corrected chi connectivity index (χ2v) is 7.62. The number of ether oxygens (including phenoxy) is 1. The van der Waals surface area contributed by atoms with Gasteiger partial charge in [0.2, 0.25) is 5.91 Å². The maximum Gasteiger partial charge on any atom is 0.234 e. The van der Waals surface area contributed by atoms with Crippen LogP contribution in [0.15, 0.2) is 47.8 Å². The highest BCUT2D eigenvalue weighted by atomic mass is 32.1. The Morgan fingerprint density at radius 2 is 2.16 bits per heavy atom. The first-order chi connectivity index (χ1) is 12.2. The lowest BCUT2D eigenvalue weighted by Gasteiger charge is -2.25. The number of carbonyl (C=O) groups is 1. The van der Waals surface area contributed by atoms with Crippen LogP contribution < -0.4 is 5.32 Å². The van der Waals surface area contributed by atoms with E-state index in [9.17, 15) is 4.79 Å². The van der Waals surface area contributed by atoms with Crippen LogP contribution in [0.25, 0.3) is 0 Å². The number of nitrogens with zero attached hydrogens (tertiary/aromatic N) is 1. The van der Waals surface area contributed by atoms with Crippen molar-refractivity contribution in [3.63, 3.8) is 0 Å². The zero-order valence-electron chi connectivity index (χ0n) is 14.7. The Morgan fingerprint density at radius 3 is 2.84 bits per heavy atom. The van der Waals surface area contributed by atoms with E-state index < -0.39 is 0 Å². The van der Waals surface area contributed by atoms with Gasteiger partial charge in [-0.15, -0.1) is 11.3 Å². The van der Waals surface area contributed by atoms with Crippen molar-refractivity contribution in [3.8, 4) is 0 Å². The van der Waals surface area contributed by atoms with E-state index in [0.29, 0.717) is 6.54 Å². The third-order valence-electron chi connectivity index (χ3n) is 4.49. The summed E-state index contributed by atoms with van der Waals surface area (Å²) in [7, 11) is 0. The third kappa shape index (κ3) is 5.66. The fourth-order valence-electron chi connectivity index (χ4n) is 3.20. The first-order valence-corrected chi connectivity index (χ1v) is 9.79. The molecule has 1 N–H and O–H groups in total. The molecule has 0 radical (unpaired) electrons. The first-order valence-electron chi connectivity index (χ1n) is 8.91. The normalized spacial score (nSPS) is 18.4. The van der Waals surface area contributed by atoms with Gasteiger partial charge in [0, 0.05) is 24.6 Å². The molecule has 1 amide bonds. The molecule has 1 aliphatic heterocycles. The fourth-order valence-corrected chi connectivity index (χ4v) is 3.95. The molecule has 1 aromatic carbocycles. The number of nitrogens with one attached hydrogen (secondary N) is 1. The van der Waals surface area contributed by atoms with Crippen LogP contribution in [-0.2, 0) is 16.1 Å². The highest BCUT2D eigenvalue weighted by molar-refractivity contribution is 7.09. The van der Waals surface area contributed by atoms with Crippen LogP contribution in [0.1, 0.15) is 36.2 Å². The molecule has 0 spiro atoms. The lowest BCUT2D eigenvalue weighted by molar-refractivity contribution is -0.123. The van der Waals surface area contributed by atoms with Crippen LogP contribution in [0.5, 0.6) is 0 Å². The van der Waals surface area contributed by atoms with Gasteiger partial charge in [0.1, 0.15) is 0 Å². The van der Waals surface area contributed by atoms with Crippen LogP contribution in [0.4, 0.5) is 0 Å². The molecule has 2 atom stereocenters. The van der Waals surface area contributed by atoms with Gasteiger partial charge in [0.05, 0.1) is 18.7 Å². The van der Waals surface area contributed by atoms with Gasteiger partial charge in [0.15, 0.2) is 0 Å². The van der Waals surface area contributed by atoms with Crippen LogP contribution in [0.3, 0.4) is 0 Å². The minimum absolute atomic E-state index is 0.0139. The lowest BCUT2D eigenvalue weighted by atomic mass is 10.1. The molecule has 1 saturated heterocycles. The van der Waals surface area contributed by atoms with Crippen LogP contribution >= 0.6 is 11.3 Å². The zero-order chi connectivity index (χ0) is 17.5. The molecule has 2 aromatic rings. The van der Waals surface area contributed by atoms with Crippen molar-refractivity contribution in [2.24, 2.45) is 0 Å². The zero-order valence-corrected chi connectivity index (χ0v) is 15.5. The summed E-state index contributed by atoms with van der Waals surface area (Å²) >= 11 is 1.73. The van der Waals surface area contributed by atoms with Crippen LogP contribution in [0.2, 0.25) is 0 Å². The van der Waals surface area contributed by atoms with Crippen molar-refractivity contribution in [2.45, 2.75) is 38.5 Å². The Balaban J connectivity index is 1.57. The third-order valence-corrected chi connectivity index (χ3v) is 5.35. The van der Waals surface area contributed by atoms with Crippen molar-refractivity contribution >= 4 is 17.2 Å². The maximum absolute atomic E-state index is 12.5. The summed E-state index contributed by atoms with van der Waals surface area (Å²) in [6, 6.07) is 14.3. The molecule has 1 aliphatic rings. The van der Waals surface area contributed by atoms with Gasteiger partial charge >= 0.3 is 0 Å². The Morgan fingerprint density at radius 1 is 1.32 bits per heavy atom. The number of benzene rings is 1. The molecule has 0 unspecified atom stereocenters. The van der Waals surface area contributed by atoms with Gasteiger partial charge in [-0.2, -0.15) is 0 Å². The molecular formula is C20H26N2O2S. The molecule has 0 saturated carbocycles. The summed E-state index contributed by atoms with van der Waals surface area (Å²) in [4.78, 5) is 16.0. The molecule has 4 nitrogen and oxygen atoms in total. The SMILES string of the molecule is C[C@@H](NC(=O)CN(Cc1cccs1)C[C@@H]1CCCO1)c1ccccc1. The van der Waals surface area contributed by atoms with E-state index in [4.69, 9.17) is 4.74 Å². The van der Waals surface area contributed by atoms with Gasteiger partial charge in [-0.1, -0.05) is 36.4 Å². The minimum atomic E-state index is 0.0139. The summed E-state index contributed by atoms with van der Waals surface area (Å²) in [6.07, 6.45) is 2.46. The molecule has 134 valence electrons. The Hall–Kier alpha value is -1.69. The van der Waals surface area contributed by atoms with Crippen LogP contribution in [0, 0.1) is 0 Å². The van der Waals surface area contributed by atoms with E-state index in [1.54, 1.807) is 11.3 Å². The monoisotopic (exact) mass is 358 g/mol.